The Kier molecular flexibility index (Phi) is 3.11. The molecule has 0 aliphatic heterocycles. The van der Waals surface area contributed by atoms with Crippen LogP contribution >= 0.6 is 0 Å². The third kappa shape index (κ3) is 2.17. The third-order valence-corrected chi connectivity index (χ3v) is 2.00. The number of aromatic nitrogens is 4. The summed E-state index contributed by atoms with van der Waals surface area (Å²) < 4.78 is 5.39. The Morgan fingerprint density at radius 2 is 2.31 bits per heavy atom. The van der Waals surface area contributed by atoms with E-state index in [0.29, 0.717) is 12.4 Å². The van der Waals surface area contributed by atoms with Gasteiger partial charge in [0.05, 0.1) is 18.8 Å². The first kappa shape index (κ1) is 10.6. The van der Waals surface area contributed by atoms with Gasteiger partial charge in [-0.3, -0.25) is 0 Å². The fourth-order valence-corrected chi connectivity index (χ4v) is 1.30. The van der Waals surface area contributed by atoms with Gasteiger partial charge >= 0.3 is 0 Å². The van der Waals surface area contributed by atoms with Crippen molar-refractivity contribution in [3.63, 3.8) is 0 Å². The molecule has 0 bridgehead atoms. The van der Waals surface area contributed by atoms with E-state index in [1.165, 1.54) is 4.80 Å². The van der Waals surface area contributed by atoms with E-state index in [2.05, 4.69) is 15.4 Å². The van der Waals surface area contributed by atoms with Crippen molar-refractivity contribution in [3.8, 4) is 11.4 Å². The quantitative estimate of drug-likeness (QED) is 0.811. The maximum atomic E-state index is 5.42. The molecule has 0 atom stereocenters. The maximum Gasteiger partial charge on any atom is 0.188 e. The third-order valence-electron chi connectivity index (χ3n) is 2.00. The van der Waals surface area contributed by atoms with E-state index in [1.807, 2.05) is 31.2 Å². The molecule has 2 rings (SSSR count). The van der Waals surface area contributed by atoms with Crippen molar-refractivity contribution in [3.05, 3.63) is 30.1 Å². The van der Waals surface area contributed by atoms with Gasteiger partial charge in [-0.05, 0) is 24.3 Å². The van der Waals surface area contributed by atoms with Crippen molar-refractivity contribution < 1.29 is 4.74 Å². The van der Waals surface area contributed by atoms with Crippen LogP contribution in [0.25, 0.3) is 5.69 Å². The zero-order valence-corrected chi connectivity index (χ0v) is 9.00. The molecule has 1 heterocycles. The topological polar surface area (TPSA) is 78.8 Å². The Morgan fingerprint density at radius 1 is 1.44 bits per heavy atom. The second kappa shape index (κ2) is 4.71. The number of nitrogens with two attached hydrogens (primary N) is 1. The summed E-state index contributed by atoms with van der Waals surface area (Å²) in [5, 5.41) is 11.8. The normalized spacial score (nSPS) is 10.4. The highest BCUT2D eigenvalue weighted by Gasteiger charge is 2.03. The number of rotatable bonds is 4. The number of hydrogen-bond acceptors (Lipinski definition) is 5. The standard InChI is InChI=1S/C10H13N5O/c1-2-16-9-5-3-4-8(6-9)15-13-10(7-11)12-14-15/h3-6H,2,7,11H2,1H3. The van der Waals surface area contributed by atoms with Crippen molar-refractivity contribution >= 4 is 0 Å². The maximum absolute atomic E-state index is 5.42. The summed E-state index contributed by atoms with van der Waals surface area (Å²) in [6, 6.07) is 7.50. The lowest BCUT2D eigenvalue weighted by Gasteiger charge is -2.04. The number of nitrogens with zero attached hydrogens (tertiary/aromatic N) is 4. The summed E-state index contributed by atoms with van der Waals surface area (Å²) in [5.74, 6) is 1.30. The van der Waals surface area contributed by atoms with Crippen molar-refractivity contribution in [2.24, 2.45) is 5.73 Å². The Labute approximate surface area is 93.0 Å². The van der Waals surface area contributed by atoms with E-state index in [4.69, 9.17) is 10.5 Å². The lowest BCUT2D eigenvalue weighted by Crippen LogP contribution is -2.02. The van der Waals surface area contributed by atoms with Gasteiger partial charge in [0.1, 0.15) is 5.75 Å². The molecular weight excluding hydrogens is 206 g/mol. The van der Waals surface area contributed by atoms with Gasteiger partial charge in [-0.15, -0.1) is 15.0 Å². The summed E-state index contributed by atoms with van der Waals surface area (Å²) in [6.45, 7) is 2.85. The van der Waals surface area contributed by atoms with Crippen LogP contribution in [0.2, 0.25) is 0 Å². The highest BCUT2D eigenvalue weighted by atomic mass is 16.5. The lowest BCUT2D eigenvalue weighted by atomic mass is 10.3. The molecule has 1 aromatic heterocycles. The van der Waals surface area contributed by atoms with E-state index in [9.17, 15) is 0 Å². The van der Waals surface area contributed by atoms with E-state index >= 15 is 0 Å². The number of tetrazole rings is 1. The van der Waals surface area contributed by atoms with Crippen LogP contribution in [0, 0.1) is 0 Å². The summed E-state index contributed by atoms with van der Waals surface area (Å²) in [5.41, 5.74) is 6.22. The smallest absolute Gasteiger partial charge is 0.188 e. The van der Waals surface area contributed by atoms with E-state index < -0.39 is 0 Å². The molecule has 84 valence electrons. The Hall–Kier alpha value is -1.95. The fourth-order valence-electron chi connectivity index (χ4n) is 1.30. The van der Waals surface area contributed by atoms with Crippen LogP contribution in [-0.4, -0.2) is 26.8 Å². The first-order valence-electron chi connectivity index (χ1n) is 5.05. The number of benzene rings is 1. The fraction of sp³-hybridized carbons (Fsp3) is 0.300. The largest absolute Gasteiger partial charge is 0.494 e. The predicted molar refractivity (Wildman–Crippen MR) is 58.2 cm³/mol. The van der Waals surface area contributed by atoms with Crippen LogP contribution in [0.4, 0.5) is 0 Å². The van der Waals surface area contributed by atoms with Crippen molar-refractivity contribution in [1.82, 2.24) is 20.2 Å². The van der Waals surface area contributed by atoms with Gasteiger partial charge < -0.3 is 10.5 Å². The summed E-state index contributed by atoms with van der Waals surface area (Å²) in [6.07, 6.45) is 0. The summed E-state index contributed by atoms with van der Waals surface area (Å²) in [7, 11) is 0. The molecule has 0 unspecified atom stereocenters. The zero-order chi connectivity index (χ0) is 11.4. The molecule has 2 N–H and O–H groups in total. The Bertz CT molecular complexity index is 468. The highest BCUT2D eigenvalue weighted by Crippen LogP contribution is 2.15. The van der Waals surface area contributed by atoms with E-state index in [-0.39, 0.29) is 6.54 Å². The first-order valence-corrected chi connectivity index (χ1v) is 5.05. The Morgan fingerprint density at radius 3 is 3.00 bits per heavy atom. The molecule has 0 aliphatic carbocycles. The van der Waals surface area contributed by atoms with Gasteiger partial charge in [0.25, 0.3) is 0 Å². The molecule has 0 saturated heterocycles. The SMILES string of the molecule is CCOc1cccc(-n2nnc(CN)n2)c1. The van der Waals surface area contributed by atoms with Crippen LogP contribution in [0.15, 0.2) is 24.3 Å². The van der Waals surface area contributed by atoms with Crippen LogP contribution in [0.1, 0.15) is 12.7 Å². The molecular formula is C10H13N5O. The number of ether oxygens (including phenoxy) is 1. The van der Waals surface area contributed by atoms with E-state index in [1.54, 1.807) is 0 Å². The van der Waals surface area contributed by atoms with Crippen LogP contribution in [-0.2, 0) is 6.54 Å². The monoisotopic (exact) mass is 219 g/mol. The Balaban J connectivity index is 2.28. The highest BCUT2D eigenvalue weighted by molar-refractivity contribution is 5.37. The predicted octanol–water partition coefficient (Wildman–Crippen LogP) is 0.520. The minimum Gasteiger partial charge on any atom is -0.494 e. The zero-order valence-electron chi connectivity index (χ0n) is 9.00. The minimum absolute atomic E-state index is 0.283. The minimum atomic E-state index is 0.283. The molecule has 0 amide bonds. The molecule has 0 radical (unpaired) electrons. The molecule has 6 nitrogen and oxygen atoms in total. The molecule has 0 fully saturated rings. The van der Waals surface area contributed by atoms with Gasteiger partial charge in [0, 0.05) is 6.07 Å². The van der Waals surface area contributed by atoms with Crippen LogP contribution < -0.4 is 10.5 Å². The average Bonchev–Trinajstić information content (AvgIpc) is 2.78. The molecule has 0 aliphatic rings. The summed E-state index contributed by atoms with van der Waals surface area (Å²) >= 11 is 0. The molecule has 6 heteroatoms. The summed E-state index contributed by atoms with van der Waals surface area (Å²) in [4.78, 5) is 1.44. The molecule has 1 aromatic carbocycles. The van der Waals surface area contributed by atoms with Gasteiger partial charge in [0.2, 0.25) is 0 Å². The second-order valence-corrected chi connectivity index (χ2v) is 3.13. The second-order valence-electron chi connectivity index (χ2n) is 3.13. The molecule has 2 aromatic rings. The average molecular weight is 219 g/mol. The van der Waals surface area contributed by atoms with Crippen molar-refractivity contribution in [1.29, 1.82) is 0 Å². The van der Waals surface area contributed by atoms with Crippen LogP contribution in [0.3, 0.4) is 0 Å². The lowest BCUT2D eigenvalue weighted by molar-refractivity contribution is 0.340. The van der Waals surface area contributed by atoms with Gasteiger partial charge in [0.15, 0.2) is 5.82 Å². The van der Waals surface area contributed by atoms with Crippen molar-refractivity contribution in [2.45, 2.75) is 13.5 Å². The number of hydrogen-bond donors (Lipinski definition) is 1. The van der Waals surface area contributed by atoms with Gasteiger partial charge in [-0.2, -0.15) is 0 Å². The first-order chi connectivity index (χ1) is 7.83. The molecule has 0 saturated carbocycles. The molecule has 0 spiro atoms. The molecule has 16 heavy (non-hydrogen) atoms. The van der Waals surface area contributed by atoms with E-state index in [0.717, 1.165) is 11.4 Å². The van der Waals surface area contributed by atoms with Gasteiger partial charge in [-0.25, -0.2) is 0 Å². The van der Waals surface area contributed by atoms with Gasteiger partial charge in [-0.1, -0.05) is 6.07 Å². The van der Waals surface area contributed by atoms with Crippen LogP contribution in [0.5, 0.6) is 5.75 Å². The van der Waals surface area contributed by atoms with Crippen molar-refractivity contribution in [2.75, 3.05) is 6.61 Å².